The minimum atomic E-state index is -0.586. The highest BCUT2D eigenvalue weighted by atomic mass is 35.5. The van der Waals surface area contributed by atoms with Crippen molar-refractivity contribution in [2.24, 2.45) is 4.99 Å². The normalized spacial score (nSPS) is 17.9. The number of amidine groups is 1. The number of benzene rings is 1. The van der Waals surface area contributed by atoms with Gasteiger partial charge in [-0.2, -0.15) is 0 Å². The van der Waals surface area contributed by atoms with Crippen LogP contribution in [0.25, 0.3) is 11.3 Å². The molecule has 0 saturated carbocycles. The van der Waals surface area contributed by atoms with E-state index in [2.05, 4.69) is 36.0 Å². The van der Waals surface area contributed by atoms with Gasteiger partial charge in [-0.3, -0.25) is 4.98 Å². The van der Waals surface area contributed by atoms with Gasteiger partial charge in [0.1, 0.15) is 29.9 Å². The lowest BCUT2D eigenvalue weighted by Crippen LogP contribution is -2.52. The zero-order chi connectivity index (χ0) is 25.6. The van der Waals surface area contributed by atoms with Crippen molar-refractivity contribution in [3.63, 3.8) is 0 Å². The summed E-state index contributed by atoms with van der Waals surface area (Å²) >= 11 is 6.72. The molecule has 3 aromatic rings. The zero-order valence-corrected chi connectivity index (χ0v) is 21.6. The SMILES string of the molecule is Cc1ccnc(C(C)C)c1N1CN=C(N2CCN[C@H](C)C2)c2cc(Cl)c(-c3c(O)cccc3F)nc21. The van der Waals surface area contributed by atoms with Gasteiger partial charge in [-0.25, -0.2) is 14.4 Å². The molecule has 2 aromatic heterocycles. The second-order valence-electron chi connectivity index (χ2n) is 9.69. The Bertz CT molecular complexity index is 1320. The highest BCUT2D eigenvalue weighted by Crippen LogP contribution is 2.42. The second-order valence-corrected chi connectivity index (χ2v) is 10.1. The summed E-state index contributed by atoms with van der Waals surface area (Å²) in [4.78, 5) is 18.9. The summed E-state index contributed by atoms with van der Waals surface area (Å²) in [6.07, 6.45) is 1.81. The van der Waals surface area contributed by atoms with Crippen LogP contribution in [0.4, 0.5) is 15.9 Å². The molecule has 1 aromatic carbocycles. The summed E-state index contributed by atoms with van der Waals surface area (Å²) in [6.45, 7) is 11.2. The number of aromatic hydroxyl groups is 1. The average Bonchev–Trinajstić information content (AvgIpc) is 2.83. The molecule has 0 aliphatic carbocycles. The number of rotatable bonds is 3. The Balaban J connectivity index is 1.74. The number of aryl methyl sites for hydroxylation is 1. The summed E-state index contributed by atoms with van der Waals surface area (Å²) in [5.74, 6) is 0.811. The fourth-order valence-electron chi connectivity index (χ4n) is 4.98. The number of phenolic OH excluding ortho intramolecular Hbond substituents is 1. The number of phenols is 1. The number of halogens is 2. The van der Waals surface area contributed by atoms with Gasteiger partial charge < -0.3 is 20.2 Å². The number of hydrogen-bond acceptors (Lipinski definition) is 7. The zero-order valence-electron chi connectivity index (χ0n) is 20.9. The molecule has 5 rings (SSSR count). The molecule has 2 aliphatic rings. The van der Waals surface area contributed by atoms with Crippen molar-refractivity contribution in [2.75, 3.05) is 31.2 Å². The molecule has 9 heteroatoms. The molecule has 1 atom stereocenters. The van der Waals surface area contributed by atoms with Crippen LogP contribution >= 0.6 is 11.6 Å². The molecule has 0 unspecified atom stereocenters. The standard InChI is InChI=1S/C27H30ClFN6O/c1-15(2)23-25(16(3)8-9-31-23)35-14-32-26(34-11-10-30-17(4)13-34)18-12-19(28)24(33-27(18)35)22-20(29)6-5-7-21(22)36/h5-9,12,15,17,30,36H,10-11,13-14H2,1-4H3/t17-/m1/s1. The molecular formula is C27H30ClFN6O. The molecule has 36 heavy (non-hydrogen) atoms. The van der Waals surface area contributed by atoms with E-state index >= 15 is 0 Å². The first-order chi connectivity index (χ1) is 17.3. The lowest BCUT2D eigenvalue weighted by atomic mass is 10.0. The van der Waals surface area contributed by atoms with Crippen LogP contribution in [0.3, 0.4) is 0 Å². The van der Waals surface area contributed by atoms with Crippen molar-refractivity contribution >= 4 is 28.9 Å². The molecule has 1 fully saturated rings. The van der Waals surface area contributed by atoms with Crippen LogP contribution in [0.1, 0.15) is 43.5 Å². The monoisotopic (exact) mass is 508 g/mol. The molecule has 1 saturated heterocycles. The summed E-state index contributed by atoms with van der Waals surface area (Å²) in [5, 5.41) is 14.2. The van der Waals surface area contributed by atoms with Gasteiger partial charge in [0, 0.05) is 31.9 Å². The van der Waals surface area contributed by atoms with E-state index in [1.165, 1.54) is 18.2 Å². The molecule has 188 valence electrons. The molecule has 0 amide bonds. The van der Waals surface area contributed by atoms with Gasteiger partial charge in [0.05, 0.1) is 33.2 Å². The van der Waals surface area contributed by atoms with Crippen molar-refractivity contribution in [3.05, 3.63) is 64.2 Å². The Kier molecular flexibility index (Phi) is 6.57. The maximum absolute atomic E-state index is 14.9. The van der Waals surface area contributed by atoms with Crippen molar-refractivity contribution in [2.45, 2.75) is 39.7 Å². The van der Waals surface area contributed by atoms with Gasteiger partial charge in [-0.15, -0.1) is 0 Å². The minimum Gasteiger partial charge on any atom is -0.507 e. The van der Waals surface area contributed by atoms with Crippen LogP contribution in [0.2, 0.25) is 5.02 Å². The topological polar surface area (TPSA) is 76.9 Å². The number of nitrogens with zero attached hydrogens (tertiary/aromatic N) is 5. The Hall–Kier alpha value is -3.23. The quantitative estimate of drug-likeness (QED) is 0.505. The van der Waals surface area contributed by atoms with E-state index in [0.29, 0.717) is 18.5 Å². The lowest BCUT2D eigenvalue weighted by Gasteiger charge is -2.39. The van der Waals surface area contributed by atoms with Gasteiger partial charge in [-0.1, -0.05) is 31.5 Å². The first-order valence-corrected chi connectivity index (χ1v) is 12.6. The van der Waals surface area contributed by atoms with E-state index in [-0.39, 0.29) is 27.9 Å². The van der Waals surface area contributed by atoms with Crippen LogP contribution in [0.5, 0.6) is 5.75 Å². The van der Waals surface area contributed by atoms with Gasteiger partial charge >= 0.3 is 0 Å². The first-order valence-electron chi connectivity index (χ1n) is 12.2. The molecule has 7 nitrogen and oxygen atoms in total. The summed E-state index contributed by atoms with van der Waals surface area (Å²) < 4.78 is 14.9. The number of pyridine rings is 2. The number of fused-ring (bicyclic) bond motifs is 1. The van der Waals surface area contributed by atoms with Crippen molar-refractivity contribution in [1.82, 2.24) is 20.2 Å². The third kappa shape index (κ3) is 4.29. The van der Waals surface area contributed by atoms with Gasteiger partial charge in [0.25, 0.3) is 0 Å². The molecule has 0 spiro atoms. The molecule has 2 aliphatic heterocycles. The van der Waals surface area contributed by atoms with Crippen molar-refractivity contribution < 1.29 is 9.50 Å². The van der Waals surface area contributed by atoms with Gasteiger partial charge in [0.2, 0.25) is 0 Å². The molecule has 2 N–H and O–H groups in total. The van der Waals surface area contributed by atoms with E-state index in [1.807, 2.05) is 24.1 Å². The Morgan fingerprint density at radius 2 is 2.06 bits per heavy atom. The summed E-state index contributed by atoms with van der Waals surface area (Å²) in [6, 6.07) is 8.26. The number of anilines is 2. The molecule has 4 heterocycles. The highest BCUT2D eigenvalue weighted by Gasteiger charge is 2.32. The number of aromatic nitrogens is 2. The summed E-state index contributed by atoms with van der Waals surface area (Å²) in [7, 11) is 0. The predicted molar refractivity (Wildman–Crippen MR) is 142 cm³/mol. The van der Waals surface area contributed by atoms with Crippen molar-refractivity contribution in [1.29, 1.82) is 0 Å². The van der Waals surface area contributed by atoms with Crippen LogP contribution in [0.15, 0.2) is 41.5 Å². The third-order valence-electron chi connectivity index (χ3n) is 6.68. The van der Waals surface area contributed by atoms with Crippen LogP contribution in [-0.4, -0.2) is 58.2 Å². The Labute approximate surface area is 215 Å². The van der Waals surface area contributed by atoms with E-state index in [0.717, 1.165) is 48.0 Å². The maximum atomic E-state index is 14.9. The van der Waals surface area contributed by atoms with E-state index in [1.54, 1.807) is 6.07 Å². The second kappa shape index (κ2) is 9.67. The van der Waals surface area contributed by atoms with Crippen LogP contribution in [0, 0.1) is 12.7 Å². The number of nitrogens with one attached hydrogen (secondary N) is 1. The van der Waals surface area contributed by atoms with Gasteiger partial charge in [-0.05, 0) is 49.6 Å². The largest absolute Gasteiger partial charge is 0.507 e. The van der Waals surface area contributed by atoms with Crippen LogP contribution in [-0.2, 0) is 0 Å². The first kappa shape index (κ1) is 24.5. The van der Waals surface area contributed by atoms with Crippen molar-refractivity contribution in [3.8, 4) is 17.0 Å². The maximum Gasteiger partial charge on any atom is 0.146 e. The fourth-order valence-corrected chi connectivity index (χ4v) is 5.22. The van der Waals surface area contributed by atoms with E-state index < -0.39 is 5.82 Å². The molecular weight excluding hydrogens is 479 g/mol. The van der Waals surface area contributed by atoms with E-state index in [4.69, 9.17) is 21.6 Å². The summed E-state index contributed by atoms with van der Waals surface area (Å²) in [5.41, 5.74) is 3.86. The number of piperazine rings is 1. The van der Waals surface area contributed by atoms with Crippen LogP contribution < -0.4 is 10.2 Å². The Morgan fingerprint density at radius 1 is 1.25 bits per heavy atom. The molecule has 0 bridgehead atoms. The number of aliphatic imine (C=N–C) groups is 1. The molecule has 0 radical (unpaired) electrons. The average molecular weight is 509 g/mol. The highest BCUT2D eigenvalue weighted by molar-refractivity contribution is 6.33. The van der Waals surface area contributed by atoms with Gasteiger partial charge in [0.15, 0.2) is 0 Å². The smallest absolute Gasteiger partial charge is 0.146 e. The predicted octanol–water partition coefficient (Wildman–Crippen LogP) is 5.22. The van der Waals surface area contributed by atoms with E-state index in [9.17, 15) is 9.50 Å². The fraction of sp³-hybridized carbons (Fsp3) is 0.370. The Morgan fingerprint density at radius 3 is 2.78 bits per heavy atom. The minimum absolute atomic E-state index is 0.0166. The lowest BCUT2D eigenvalue weighted by molar-refractivity contribution is 0.303. The third-order valence-corrected chi connectivity index (χ3v) is 6.97. The number of hydrogen-bond donors (Lipinski definition) is 2.